The first-order valence-electron chi connectivity index (χ1n) is 3.94. The zero-order chi connectivity index (χ0) is 9.35. The average Bonchev–Trinajstić information content (AvgIpc) is 1.82. The SMILES string of the molecule is CC1COCC(C)C1S(=O)(=O)Cl. The lowest BCUT2D eigenvalue weighted by atomic mass is 9.95. The first-order chi connectivity index (χ1) is 5.43. The van der Waals surface area contributed by atoms with Crippen LogP contribution in [0.25, 0.3) is 0 Å². The Bertz CT molecular complexity index is 239. The standard InChI is InChI=1S/C7H13ClO3S/c1-5-3-11-4-6(2)7(5)12(8,9)10/h5-7H,3-4H2,1-2H3. The van der Waals surface area contributed by atoms with Crippen LogP contribution in [0.4, 0.5) is 0 Å². The quantitative estimate of drug-likeness (QED) is 0.614. The van der Waals surface area contributed by atoms with Gasteiger partial charge in [0.15, 0.2) is 0 Å². The summed E-state index contributed by atoms with van der Waals surface area (Å²) in [6.07, 6.45) is 0. The number of ether oxygens (including phenoxy) is 1. The predicted molar refractivity (Wildman–Crippen MR) is 47.7 cm³/mol. The van der Waals surface area contributed by atoms with E-state index < -0.39 is 14.3 Å². The molecule has 0 spiro atoms. The van der Waals surface area contributed by atoms with E-state index in [1.807, 2.05) is 13.8 Å². The molecule has 72 valence electrons. The van der Waals surface area contributed by atoms with Crippen molar-refractivity contribution in [3.05, 3.63) is 0 Å². The molecular weight excluding hydrogens is 200 g/mol. The van der Waals surface area contributed by atoms with Gasteiger partial charge in [0.25, 0.3) is 0 Å². The summed E-state index contributed by atoms with van der Waals surface area (Å²) < 4.78 is 27.4. The minimum absolute atomic E-state index is 0.00347. The third-order valence-corrected chi connectivity index (χ3v) is 4.40. The van der Waals surface area contributed by atoms with Gasteiger partial charge in [-0.2, -0.15) is 0 Å². The maximum absolute atomic E-state index is 11.1. The molecule has 1 rings (SSSR count). The molecule has 1 saturated heterocycles. The van der Waals surface area contributed by atoms with E-state index in [4.69, 9.17) is 15.4 Å². The van der Waals surface area contributed by atoms with Gasteiger partial charge >= 0.3 is 0 Å². The summed E-state index contributed by atoms with van der Waals surface area (Å²) in [7, 11) is 1.89. The topological polar surface area (TPSA) is 43.4 Å². The second-order valence-corrected chi connectivity index (χ2v) is 6.22. The summed E-state index contributed by atoms with van der Waals surface area (Å²) in [6, 6.07) is 0. The Morgan fingerprint density at radius 3 is 1.92 bits per heavy atom. The fourth-order valence-electron chi connectivity index (χ4n) is 1.75. The normalized spacial score (nSPS) is 38.1. The van der Waals surface area contributed by atoms with Crippen molar-refractivity contribution in [3.63, 3.8) is 0 Å². The summed E-state index contributed by atoms with van der Waals surface area (Å²) in [5.41, 5.74) is 0. The molecule has 1 heterocycles. The molecule has 1 aliphatic heterocycles. The van der Waals surface area contributed by atoms with Crippen LogP contribution in [0.2, 0.25) is 0 Å². The van der Waals surface area contributed by atoms with Crippen molar-refractivity contribution in [1.29, 1.82) is 0 Å². The lowest BCUT2D eigenvalue weighted by molar-refractivity contribution is 0.0307. The Kier molecular flexibility index (Phi) is 3.01. The fraction of sp³-hybridized carbons (Fsp3) is 1.00. The molecule has 0 aromatic heterocycles. The van der Waals surface area contributed by atoms with Crippen molar-refractivity contribution in [1.82, 2.24) is 0 Å². The Labute approximate surface area is 77.5 Å². The van der Waals surface area contributed by atoms with Gasteiger partial charge in [-0.3, -0.25) is 0 Å². The van der Waals surface area contributed by atoms with Crippen LogP contribution in [0.1, 0.15) is 13.8 Å². The third-order valence-electron chi connectivity index (χ3n) is 2.21. The second-order valence-electron chi connectivity index (χ2n) is 3.43. The average molecular weight is 213 g/mol. The van der Waals surface area contributed by atoms with Gasteiger partial charge in [-0.1, -0.05) is 13.8 Å². The van der Waals surface area contributed by atoms with Gasteiger partial charge in [0.1, 0.15) is 0 Å². The smallest absolute Gasteiger partial charge is 0.236 e. The Morgan fingerprint density at radius 1 is 1.25 bits per heavy atom. The molecule has 2 atom stereocenters. The van der Waals surface area contributed by atoms with Crippen molar-refractivity contribution in [2.75, 3.05) is 13.2 Å². The van der Waals surface area contributed by atoms with Gasteiger partial charge in [-0.25, -0.2) is 8.42 Å². The van der Waals surface area contributed by atoms with Crippen molar-refractivity contribution in [2.24, 2.45) is 11.8 Å². The Morgan fingerprint density at radius 2 is 1.67 bits per heavy atom. The number of hydrogen-bond donors (Lipinski definition) is 0. The minimum Gasteiger partial charge on any atom is -0.381 e. The summed E-state index contributed by atoms with van der Waals surface area (Å²) in [5, 5.41) is -0.451. The predicted octanol–water partition coefficient (Wildman–Crippen LogP) is 1.23. The highest BCUT2D eigenvalue weighted by Gasteiger charge is 2.37. The molecule has 12 heavy (non-hydrogen) atoms. The van der Waals surface area contributed by atoms with E-state index in [-0.39, 0.29) is 11.8 Å². The van der Waals surface area contributed by atoms with Gasteiger partial charge in [0.05, 0.1) is 18.5 Å². The fourth-order valence-corrected chi connectivity index (χ4v) is 4.07. The van der Waals surface area contributed by atoms with Crippen molar-refractivity contribution >= 4 is 19.7 Å². The summed E-state index contributed by atoms with van der Waals surface area (Å²) in [5.74, 6) is -0.00694. The van der Waals surface area contributed by atoms with E-state index in [1.54, 1.807) is 0 Å². The van der Waals surface area contributed by atoms with E-state index in [0.29, 0.717) is 13.2 Å². The summed E-state index contributed by atoms with van der Waals surface area (Å²) >= 11 is 0. The molecule has 0 radical (unpaired) electrons. The van der Waals surface area contributed by atoms with Crippen LogP contribution in [0.15, 0.2) is 0 Å². The van der Waals surface area contributed by atoms with Crippen LogP contribution in [0, 0.1) is 11.8 Å². The molecule has 0 bridgehead atoms. The highest BCUT2D eigenvalue weighted by Crippen LogP contribution is 2.28. The van der Waals surface area contributed by atoms with Crippen molar-refractivity contribution < 1.29 is 13.2 Å². The first kappa shape index (κ1) is 10.3. The van der Waals surface area contributed by atoms with Crippen LogP contribution < -0.4 is 0 Å². The van der Waals surface area contributed by atoms with E-state index in [9.17, 15) is 8.42 Å². The van der Waals surface area contributed by atoms with Crippen LogP contribution in [-0.4, -0.2) is 26.9 Å². The van der Waals surface area contributed by atoms with E-state index in [2.05, 4.69) is 0 Å². The van der Waals surface area contributed by atoms with Crippen molar-refractivity contribution in [3.8, 4) is 0 Å². The zero-order valence-corrected chi connectivity index (χ0v) is 8.73. The maximum Gasteiger partial charge on any atom is 0.236 e. The van der Waals surface area contributed by atoms with Crippen LogP contribution in [0.5, 0.6) is 0 Å². The lowest BCUT2D eigenvalue weighted by Crippen LogP contribution is -2.40. The number of hydrogen-bond acceptors (Lipinski definition) is 3. The molecule has 5 heteroatoms. The monoisotopic (exact) mass is 212 g/mol. The summed E-state index contributed by atoms with van der Waals surface area (Å²) in [4.78, 5) is 0. The molecule has 2 unspecified atom stereocenters. The molecule has 1 fully saturated rings. The molecule has 1 aliphatic rings. The molecule has 3 nitrogen and oxygen atoms in total. The highest BCUT2D eigenvalue weighted by atomic mass is 35.7. The Balaban J connectivity index is 2.84. The molecule has 0 N–H and O–H groups in total. The Hall–Kier alpha value is 0.200. The number of rotatable bonds is 1. The van der Waals surface area contributed by atoms with Gasteiger partial charge in [-0.15, -0.1) is 0 Å². The first-order valence-corrected chi connectivity index (χ1v) is 6.31. The van der Waals surface area contributed by atoms with Crippen LogP contribution in [-0.2, 0) is 13.8 Å². The zero-order valence-electron chi connectivity index (χ0n) is 7.16. The van der Waals surface area contributed by atoms with Crippen LogP contribution >= 0.6 is 10.7 Å². The second kappa shape index (κ2) is 3.52. The van der Waals surface area contributed by atoms with E-state index in [0.717, 1.165) is 0 Å². The largest absolute Gasteiger partial charge is 0.381 e. The molecule has 0 aliphatic carbocycles. The third kappa shape index (κ3) is 2.12. The van der Waals surface area contributed by atoms with Gasteiger partial charge in [0, 0.05) is 10.7 Å². The molecule has 0 amide bonds. The van der Waals surface area contributed by atoms with Crippen LogP contribution in [0.3, 0.4) is 0 Å². The van der Waals surface area contributed by atoms with E-state index in [1.165, 1.54) is 0 Å². The summed E-state index contributed by atoms with van der Waals surface area (Å²) in [6.45, 7) is 4.67. The van der Waals surface area contributed by atoms with Gasteiger partial charge < -0.3 is 4.74 Å². The molecule has 0 saturated carbocycles. The van der Waals surface area contributed by atoms with Gasteiger partial charge in [0.2, 0.25) is 9.05 Å². The minimum atomic E-state index is -3.43. The van der Waals surface area contributed by atoms with Crippen molar-refractivity contribution in [2.45, 2.75) is 19.1 Å². The van der Waals surface area contributed by atoms with E-state index >= 15 is 0 Å². The molecule has 0 aromatic carbocycles. The lowest BCUT2D eigenvalue weighted by Gasteiger charge is -2.31. The molecular formula is C7H13ClO3S. The molecule has 0 aromatic rings. The van der Waals surface area contributed by atoms with Gasteiger partial charge in [-0.05, 0) is 11.8 Å². The highest BCUT2D eigenvalue weighted by molar-refractivity contribution is 8.14. The maximum atomic E-state index is 11.1. The number of halogens is 1.